The van der Waals surface area contributed by atoms with Crippen LogP contribution in [-0.2, 0) is 31.6 Å². The minimum atomic E-state index is -5.70. The predicted molar refractivity (Wildman–Crippen MR) is 127 cm³/mol. The van der Waals surface area contributed by atoms with Crippen molar-refractivity contribution in [1.29, 1.82) is 0 Å². The normalized spacial score (nSPS) is 24.8. The van der Waals surface area contributed by atoms with Gasteiger partial charge in [0.2, 0.25) is 0 Å². The summed E-state index contributed by atoms with van der Waals surface area (Å²) in [5.74, 6) is 0.0426. The minimum absolute atomic E-state index is 0. The Kier molecular flexibility index (Phi) is 16.7. The Balaban J connectivity index is 0.00000233. The van der Waals surface area contributed by atoms with Gasteiger partial charge in [-0.15, -0.1) is 0 Å². The first-order valence-corrected chi connectivity index (χ1v) is 17.3. The van der Waals surface area contributed by atoms with E-state index in [2.05, 4.69) is 28.1 Å². The van der Waals surface area contributed by atoms with Gasteiger partial charge in [-0.1, -0.05) is 0 Å². The number of imidazole rings is 1. The van der Waals surface area contributed by atoms with Crippen molar-refractivity contribution in [3.05, 3.63) is 12.7 Å². The van der Waals surface area contributed by atoms with E-state index in [9.17, 15) is 28.8 Å². The van der Waals surface area contributed by atoms with E-state index < -0.39 is 72.8 Å². The van der Waals surface area contributed by atoms with Crippen molar-refractivity contribution in [2.45, 2.75) is 24.5 Å². The molecule has 1 aliphatic rings. The second-order valence-electron chi connectivity index (χ2n) is 6.12. The van der Waals surface area contributed by atoms with Crippen LogP contribution in [0, 0.1) is 0 Å². The first kappa shape index (κ1) is 38.0. The van der Waals surface area contributed by atoms with Crippen molar-refractivity contribution in [2.75, 3.05) is 12.3 Å². The Labute approximate surface area is 263 Å². The summed E-state index contributed by atoms with van der Waals surface area (Å²) in [5, 5.41) is 20.4. The van der Waals surface area contributed by atoms with Gasteiger partial charge in [-0.05, 0) is 0 Å². The van der Waals surface area contributed by atoms with E-state index in [-0.39, 0.29) is 76.1 Å². The molecule has 8 N–H and O–H groups in total. The van der Waals surface area contributed by atoms with E-state index >= 15 is 0 Å². The average molecular weight is 650 g/mol. The number of aliphatic hydroxyl groups is 2. The molecule has 0 spiro atoms. The fourth-order valence-corrected chi connectivity index (χ4v) is 5.65. The van der Waals surface area contributed by atoms with Crippen LogP contribution < -0.4 is 5.73 Å². The van der Waals surface area contributed by atoms with Crippen LogP contribution in [-0.4, -0.2) is 152 Å². The van der Waals surface area contributed by atoms with Gasteiger partial charge in [0.05, 0.1) is 12.9 Å². The van der Waals surface area contributed by atoms with Crippen LogP contribution in [0.15, 0.2) is 12.7 Å². The van der Waals surface area contributed by atoms with Crippen LogP contribution in [0.5, 0.6) is 0 Å². The summed E-state index contributed by atoms with van der Waals surface area (Å²) in [6.45, 7) is -0.956. The van der Waals surface area contributed by atoms with Crippen molar-refractivity contribution in [3.8, 4) is 0 Å². The van der Waals surface area contributed by atoms with Crippen LogP contribution in [0.4, 0.5) is 5.82 Å². The molecule has 3 rings (SSSR count). The van der Waals surface area contributed by atoms with Crippen LogP contribution >= 0.6 is 41.6 Å². The van der Waals surface area contributed by atoms with Crippen LogP contribution in [0.25, 0.3) is 11.2 Å². The standard InChI is InChI=1S/C10H16N5O13P3.2ClH.Mg.2Na.2H/c11-8-5-9(13-2-12-8)15(3-14-5)10-7(17)6(16)4(26-10)1-25-30(21,22)28-31(23,24)27-29(18,19)20;;;;;;;/h2-4,6-7,10,16-17H,1H2,(H,21,22)(H,23,24)(H2,11,12,13)(H2,18,19,20);2*1H;;;;;/q;;;+2;;;;/p-2/t4-,6-,7-,10-;;;;;;;/m1......./s1. The third kappa shape index (κ3) is 11.1. The van der Waals surface area contributed by atoms with E-state index in [1.54, 1.807) is 0 Å². The molecule has 0 saturated carbocycles. The number of nitrogens with zero attached hydrogens (tertiary/aromatic N) is 4. The molecule has 1 saturated heterocycles. The number of anilines is 1. The number of phosphoric ester groups is 1. The number of ether oxygens (including phenoxy) is 1. The first-order valence-electron chi connectivity index (χ1n) is 8.45. The van der Waals surface area contributed by atoms with Gasteiger partial charge in [0, 0.05) is 0 Å². The fraction of sp³-hybridized carbons (Fsp3) is 0.500. The van der Waals surface area contributed by atoms with Crippen molar-refractivity contribution in [3.63, 3.8) is 0 Å². The fourth-order valence-electron chi connectivity index (χ4n) is 2.62. The molecule has 0 aromatic carbocycles. The molecule has 3 heterocycles. The molecule has 36 heavy (non-hydrogen) atoms. The van der Waals surface area contributed by atoms with Crippen molar-refractivity contribution in [1.82, 2.24) is 19.5 Å². The van der Waals surface area contributed by atoms with Gasteiger partial charge >= 0.3 is 101 Å². The third-order valence-corrected chi connectivity index (χ3v) is 7.62. The molecule has 2 aromatic heterocycles. The molecular formula is C10H18Cl2MgN5Na2O13P3. The Bertz CT molecular complexity index is 1150. The van der Waals surface area contributed by atoms with Crippen molar-refractivity contribution in [2.24, 2.45) is 0 Å². The monoisotopic (exact) mass is 649 g/mol. The van der Waals surface area contributed by atoms with E-state index in [0.717, 1.165) is 6.33 Å². The van der Waals surface area contributed by atoms with E-state index in [4.69, 9.17) is 43.3 Å². The van der Waals surface area contributed by atoms with E-state index in [1.165, 1.54) is 10.9 Å². The van der Waals surface area contributed by atoms with Gasteiger partial charge in [0.15, 0.2) is 17.7 Å². The van der Waals surface area contributed by atoms with Gasteiger partial charge in [-0.3, -0.25) is 9.09 Å². The SMILES string of the molecule is Nc1ncnc2c1ncn2[C@@H]1O[C@H](COP(=O)(O)OP(=O)(O)OP(=O)(O)O)[C@@H](O)[C@H]1O.[Cl][Mg][Cl].[NaH].[NaH]. The van der Waals surface area contributed by atoms with Crippen LogP contribution in [0.1, 0.15) is 6.23 Å². The molecule has 1 fully saturated rings. The molecule has 0 aliphatic carbocycles. The second kappa shape index (κ2) is 15.8. The summed E-state index contributed by atoms with van der Waals surface area (Å²) >= 11 is -0.639. The average Bonchev–Trinajstić information content (AvgIpc) is 3.21. The number of aromatic nitrogens is 4. The summed E-state index contributed by atoms with van der Waals surface area (Å²) in [6.07, 6.45) is -3.69. The van der Waals surface area contributed by atoms with Crippen molar-refractivity contribution >= 4 is 136 Å². The molecule has 2 aromatic rings. The zero-order valence-corrected chi connectivity index (χ0v) is 22.0. The number of phosphoric acid groups is 3. The van der Waals surface area contributed by atoms with Gasteiger partial charge in [0.25, 0.3) is 0 Å². The Morgan fingerprint density at radius 3 is 2.17 bits per heavy atom. The molecule has 194 valence electrons. The zero-order chi connectivity index (χ0) is 25.9. The summed E-state index contributed by atoms with van der Waals surface area (Å²) in [7, 11) is -6.87. The van der Waals surface area contributed by atoms with E-state index in [1.807, 2.05) is 0 Å². The van der Waals surface area contributed by atoms with Gasteiger partial charge in [-0.25, -0.2) is 28.6 Å². The van der Waals surface area contributed by atoms with E-state index in [0.29, 0.717) is 0 Å². The molecule has 26 heteroatoms. The summed E-state index contributed by atoms with van der Waals surface area (Å²) in [6, 6.07) is 0. The number of halogens is 2. The summed E-state index contributed by atoms with van der Waals surface area (Å²) < 4.78 is 51.9. The molecule has 2 unspecified atom stereocenters. The summed E-state index contributed by atoms with van der Waals surface area (Å²) in [5.41, 5.74) is 6.00. The van der Waals surface area contributed by atoms with Gasteiger partial charge in [-0.2, -0.15) is 8.62 Å². The molecule has 6 atom stereocenters. The zero-order valence-electron chi connectivity index (χ0n) is 16.4. The Morgan fingerprint density at radius 1 is 1.03 bits per heavy atom. The number of nitrogens with two attached hydrogens (primary N) is 1. The third-order valence-electron chi connectivity index (χ3n) is 3.82. The Hall–Kier alpha value is 1.99. The molecular weight excluding hydrogens is 632 g/mol. The quantitative estimate of drug-likeness (QED) is 0.121. The van der Waals surface area contributed by atoms with Gasteiger partial charge in [0.1, 0.15) is 30.2 Å². The molecule has 0 radical (unpaired) electrons. The number of hydrogen-bond donors (Lipinski definition) is 7. The van der Waals surface area contributed by atoms with Crippen LogP contribution in [0.2, 0.25) is 0 Å². The Morgan fingerprint density at radius 2 is 1.61 bits per heavy atom. The molecule has 1 aliphatic heterocycles. The van der Waals surface area contributed by atoms with Crippen LogP contribution in [0.3, 0.4) is 0 Å². The van der Waals surface area contributed by atoms with Gasteiger partial charge < -0.3 is 58.4 Å². The number of fused-ring (bicyclic) bond motifs is 1. The number of aliphatic hydroxyl groups excluding tert-OH is 2. The maximum atomic E-state index is 11.8. The topological polar surface area (TPSA) is 279 Å². The summed E-state index contributed by atoms with van der Waals surface area (Å²) in [4.78, 5) is 47.2. The molecule has 18 nitrogen and oxygen atoms in total. The first-order chi connectivity index (χ1) is 15.6. The second-order valence-corrected chi connectivity index (χ2v) is 13.2. The number of hydrogen-bond acceptors (Lipinski definition) is 13. The maximum absolute atomic E-state index is 11.8. The number of nitrogen functional groups attached to an aromatic ring is 1. The molecule has 0 amide bonds. The predicted octanol–water partition coefficient (Wildman–Crippen LogP) is -1.93. The van der Waals surface area contributed by atoms with Crippen molar-refractivity contribution < 1.29 is 61.4 Å². The molecule has 0 bridgehead atoms. The number of rotatable bonds is 8.